The molecule has 31 heavy (non-hydrogen) atoms. The van der Waals surface area contributed by atoms with E-state index in [4.69, 9.17) is 9.15 Å². The van der Waals surface area contributed by atoms with Crippen LogP contribution < -0.4 is 10.4 Å². The fourth-order valence-corrected chi connectivity index (χ4v) is 4.61. The zero-order valence-corrected chi connectivity index (χ0v) is 17.0. The maximum absolute atomic E-state index is 13.8. The van der Waals surface area contributed by atoms with Crippen LogP contribution in [-0.2, 0) is 0 Å². The molecule has 5 rings (SSSR count). The molecular weight excluding hydrogens is 426 g/mol. The van der Waals surface area contributed by atoms with Gasteiger partial charge >= 0.3 is 5.63 Å². The topological polar surface area (TPSA) is 72.6 Å². The van der Waals surface area contributed by atoms with Gasteiger partial charge in [-0.2, -0.15) is 4.98 Å². The third-order valence-corrected chi connectivity index (χ3v) is 6.16. The summed E-state index contributed by atoms with van der Waals surface area (Å²) in [6.07, 6.45) is 0.833. The molecule has 1 aliphatic heterocycles. The van der Waals surface area contributed by atoms with Crippen LogP contribution in [-0.4, -0.2) is 35.0 Å². The SMILES string of the molecule is O=C(c1cc2ccccc2oc1=O)N1CCC(Oc2nc3c(F)cc(F)cc3s2)CC1. The molecular formula is C22H16F2N2O4S. The van der Waals surface area contributed by atoms with Gasteiger partial charge in [0, 0.05) is 37.4 Å². The van der Waals surface area contributed by atoms with Crippen molar-refractivity contribution in [3.8, 4) is 5.19 Å². The molecule has 0 N–H and O–H groups in total. The lowest BCUT2D eigenvalue weighted by Gasteiger charge is -2.31. The van der Waals surface area contributed by atoms with Gasteiger partial charge in [0.15, 0.2) is 5.82 Å². The summed E-state index contributed by atoms with van der Waals surface area (Å²) in [6.45, 7) is 0.785. The normalized spacial score (nSPS) is 15.0. The number of piperidine rings is 1. The standard InChI is InChI=1S/C22H16F2N2O4S/c23-13-10-16(24)19-18(11-13)31-22(25-19)29-14-5-7-26(8-6-14)20(27)15-9-12-3-1-2-4-17(12)30-21(15)28/h1-4,9-11,14H,5-8H2. The minimum Gasteiger partial charge on any atom is -0.467 e. The minimum atomic E-state index is -0.726. The number of amides is 1. The molecule has 158 valence electrons. The number of benzene rings is 2. The van der Waals surface area contributed by atoms with Crippen molar-refractivity contribution in [2.75, 3.05) is 13.1 Å². The summed E-state index contributed by atoms with van der Waals surface area (Å²) in [7, 11) is 0. The Bertz CT molecular complexity index is 1360. The summed E-state index contributed by atoms with van der Waals surface area (Å²) in [5.74, 6) is -1.77. The Kier molecular flexibility index (Phi) is 4.90. The highest BCUT2D eigenvalue weighted by atomic mass is 32.1. The lowest BCUT2D eigenvalue weighted by molar-refractivity contribution is 0.0592. The molecule has 1 saturated heterocycles. The molecule has 0 radical (unpaired) electrons. The number of ether oxygens (including phenoxy) is 1. The third-order valence-electron chi connectivity index (χ3n) is 5.26. The number of fused-ring (bicyclic) bond motifs is 2. The van der Waals surface area contributed by atoms with E-state index in [-0.39, 0.29) is 28.3 Å². The Labute approximate surface area is 178 Å². The second kappa shape index (κ2) is 7.73. The van der Waals surface area contributed by atoms with Crippen molar-refractivity contribution >= 4 is 38.4 Å². The number of hydrogen-bond acceptors (Lipinski definition) is 6. The second-order valence-electron chi connectivity index (χ2n) is 7.31. The predicted octanol–water partition coefficient (Wildman–Crippen LogP) is 4.36. The maximum atomic E-state index is 13.8. The summed E-state index contributed by atoms with van der Waals surface area (Å²) in [6, 6.07) is 10.6. The lowest BCUT2D eigenvalue weighted by atomic mass is 10.1. The number of carbonyl (C=O) groups is 1. The van der Waals surface area contributed by atoms with Crippen LogP contribution >= 0.6 is 11.3 Å². The van der Waals surface area contributed by atoms with E-state index in [1.807, 2.05) is 6.07 Å². The maximum Gasteiger partial charge on any atom is 0.349 e. The van der Waals surface area contributed by atoms with Gasteiger partial charge in [0.05, 0.1) is 4.70 Å². The van der Waals surface area contributed by atoms with E-state index in [9.17, 15) is 18.4 Å². The fraction of sp³-hybridized carbons (Fsp3) is 0.227. The van der Waals surface area contributed by atoms with E-state index in [0.717, 1.165) is 17.4 Å². The van der Waals surface area contributed by atoms with Crippen LogP contribution in [0.3, 0.4) is 0 Å². The van der Waals surface area contributed by atoms with Crippen molar-refractivity contribution in [1.29, 1.82) is 0 Å². The van der Waals surface area contributed by atoms with Crippen LogP contribution in [0.25, 0.3) is 21.2 Å². The van der Waals surface area contributed by atoms with E-state index in [0.29, 0.717) is 41.6 Å². The number of rotatable bonds is 3. The summed E-state index contributed by atoms with van der Waals surface area (Å²) < 4.78 is 38.7. The van der Waals surface area contributed by atoms with Crippen LogP contribution in [0.15, 0.2) is 51.7 Å². The number of halogens is 2. The van der Waals surface area contributed by atoms with Gasteiger partial charge in [0.25, 0.3) is 11.1 Å². The summed E-state index contributed by atoms with van der Waals surface area (Å²) in [4.78, 5) is 30.8. The molecule has 1 amide bonds. The molecule has 0 spiro atoms. The van der Waals surface area contributed by atoms with E-state index in [2.05, 4.69) is 4.98 Å². The van der Waals surface area contributed by atoms with Gasteiger partial charge in [0.2, 0.25) is 0 Å². The summed E-state index contributed by atoms with van der Waals surface area (Å²) in [5.41, 5.74) is -0.145. The Balaban J connectivity index is 1.27. The summed E-state index contributed by atoms with van der Waals surface area (Å²) in [5, 5.41) is 0.947. The zero-order chi connectivity index (χ0) is 21.5. The lowest BCUT2D eigenvalue weighted by Crippen LogP contribution is -2.43. The first kappa shape index (κ1) is 19.6. The van der Waals surface area contributed by atoms with Crippen molar-refractivity contribution in [1.82, 2.24) is 9.88 Å². The number of nitrogens with zero attached hydrogens (tertiary/aromatic N) is 2. The van der Waals surface area contributed by atoms with Crippen LogP contribution in [0.2, 0.25) is 0 Å². The van der Waals surface area contributed by atoms with Crippen LogP contribution in [0, 0.1) is 11.6 Å². The average molecular weight is 442 g/mol. The molecule has 2 aromatic carbocycles. The molecule has 9 heteroatoms. The van der Waals surface area contributed by atoms with E-state index < -0.39 is 17.3 Å². The molecule has 0 aliphatic carbocycles. The monoisotopic (exact) mass is 442 g/mol. The van der Waals surface area contributed by atoms with E-state index >= 15 is 0 Å². The number of hydrogen-bond donors (Lipinski definition) is 0. The average Bonchev–Trinajstić information content (AvgIpc) is 3.16. The van der Waals surface area contributed by atoms with Crippen molar-refractivity contribution in [3.63, 3.8) is 0 Å². The van der Waals surface area contributed by atoms with Gasteiger partial charge in [-0.1, -0.05) is 29.5 Å². The number of carbonyl (C=O) groups excluding carboxylic acids is 1. The van der Waals surface area contributed by atoms with Crippen LogP contribution in [0.1, 0.15) is 23.2 Å². The molecule has 0 atom stereocenters. The first-order valence-corrected chi connectivity index (χ1v) is 10.5. The first-order valence-electron chi connectivity index (χ1n) is 9.72. The molecule has 0 saturated carbocycles. The zero-order valence-electron chi connectivity index (χ0n) is 16.1. The number of para-hydroxylation sites is 1. The second-order valence-corrected chi connectivity index (χ2v) is 8.30. The highest BCUT2D eigenvalue weighted by molar-refractivity contribution is 7.20. The molecule has 3 heterocycles. The first-order chi connectivity index (χ1) is 15.0. The Hall–Kier alpha value is -3.33. The quantitative estimate of drug-likeness (QED) is 0.441. The van der Waals surface area contributed by atoms with Gasteiger partial charge in [-0.25, -0.2) is 13.6 Å². The van der Waals surface area contributed by atoms with Gasteiger partial charge in [-0.3, -0.25) is 4.79 Å². The van der Waals surface area contributed by atoms with Crippen LogP contribution in [0.4, 0.5) is 8.78 Å². The van der Waals surface area contributed by atoms with Gasteiger partial charge in [-0.15, -0.1) is 0 Å². The van der Waals surface area contributed by atoms with Gasteiger partial charge < -0.3 is 14.1 Å². The van der Waals surface area contributed by atoms with Crippen molar-refractivity contribution in [3.05, 3.63) is 70.1 Å². The predicted molar refractivity (Wildman–Crippen MR) is 112 cm³/mol. The smallest absolute Gasteiger partial charge is 0.349 e. The molecule has 6 nitrogen and oxygen atoms in total. The molecule has 0 bridgehead atoms. The number of likely N-dealkylation sites (tertiary alicyclic amines) is 1. The van der Waals surface area contributed by atoms with Gasteiger partial charge in [-0.05, 0) is 18.2 Å². The Morgan fingerprint density at radius 3 is 2.74 bits per heavy atom. The molecule has 4 aromatic rings. The van der Waals surface area contributed by atoms with Crippen molar-refractivity contribution in [2.45, 2.75) is 18.9 Å². The van der Waals surface area contributed by atoms with Crippen LogP contribution in [0.5, 0.6) is 5.19 Å². The van der Waals surface area contributed by atoms with E-state index in [1.165, 1.54) is 6.07 Å². The molecule has 0 unspecified atom stereocenters. The number of thiazole rings is 1. The Morgan fingerprint density at radius 1 is 1.16 bits per heavy atom. The highest BCUT2D eigenvalue weighted by Gasteiger charge is 2.27. The fourth-order valence-electron chi connectivity index (χ4n) is 3.69. The van der Waals surface area contributed by atoms with Crippen molar-refractivity contribution < 1.29 is 22.7 Å². The molecule has 1 aliphatic rings. The summed E-state index contributed by atoms with van der Waals surface area (Å²) >= 11 is 1.08. The molecule has 2 aromatic heterocycles. The largest absolute Gasteiger partial charge is 0.467 e. The Morgan fingerprint density at radius 2 is 1.94 bits per heavy atom. The third kappa shape index (κ3) is 3.76. The highest BCUT2D eigenvalue weighted by Crippen LogP contribution is 2.32. The molecule has 1 fully saturated rings. The van der Waals surface area contributed by atoms with Gasteiger partial charge in [0.1, 0.15) is 28.6 Å². The van der Waals surface area contributed by atoms with Crippen molar-refractivity contribution in [2.24, 2.45) is 0 Å². The minimum absolute atomic E-state index is 0.00161. The van der Waals surface area contributed by atoms with E-state index in [1.54, 1.807) is 29.2 Å². The number of aromatic nitrogens is 1.